The Morgan fingerprint density at radius 2 is 2.00 bits per heavy atom. The third kappa shape index (κ3) is 4.55. The lowest BCUT2D eigenvalue weighted by molar-refractivity contribution is 0.0514. The second-order valence-electron chi connectivity index (χ2n) is 6.76. The van der Waals surface area contributed by atoms with E-state index in [-0.39, 0.29) is 29.4 Å². The van der Waals surface area contributed by atoms with E-state index < -0.39 is 0 Å². The van der Waals surface area contributed by atoms with Crippen LogP contribution in [0.15, 0.2) is 29.3 Å². The predicted molar refractivity (Wildman–Crippen MR) is 111 cm³/mol. The summed E-state index contributed by atoms with van der Waals surface area (Å²) in [5.74, 6) is 1.63. The summed E-state index contributed by atoms with van der Waals surface area (Å²) in [5.41, 5.74) is 1.22. The van der Waals surface area contributed by atoms with Crippen LogP contribution < -0.4 is 10.6 Å². The van der Waals surface area contributed by atoms with Gasteiger partial charge in [-0.25, -0.2) is 0 Å². The Kier molecular flexibility index (Phi) is 7.19. The third-order valence-corrected chi connectivity index (χ3v) is 5.47. The van der Waals surface area contributed by atoms with Crippen LogP contribution in [0.5, 0.6) is 0 Å². The van der Waals surface area contributed by atoms with Crippen LogP contribution in [0.1, 0.15) is 31.7 Å². The number of nitrogens with zero attached hydrogens (tertiary/aromatic N) is 1. The first-order valence-electron chi connectivity index (χ1n) is 8.44. The molecule has 1 aliphatic heterocycles. The molecule has 1 saturated heterocycles. The van der Waals surface area contributed by atoms with Crippen molar-refractivity contribution >= 4 is 41.5 Å². The molecule has 4 nitrogen and oxygen atoms in total. The first-order chi connectivity index (χ1) is 11.1. The van der Waals surface area contributed by atoms with Crippen molar-refractivity contribution in [2.24, 2.45) is 10.9 Å². The van der Waals surface area contributed by atoms with Crippen molar-refractivity contribution in [2.75, 3.05) is 26.8 Å². The van der Waals surface area contributed by atoms with Gasteiger partial charge in [-0.05, 0) is 36.8 Å². The lowest BCUT2D eigenvalue weighted by Crippen LogP contribution is -2.48. The van der Waals surface area contributed by atoms with Gasteiger partial charge in [0, 0.05) is 43.3 Å². The van der Waals surface area contributed by atoms with Crippen LogP contribution >= 0.6 is 35.6 Å². The molecule has 1 aliphatic carbocycles. The summed E-state index contributed by atoms with van der Waals surface area (Å²) in [6.45, 7) is 4.63. The zero-order chi connectivity index (χ0) is 16.3. The molecule has 0 aromatic heterocycles. The molecule has 0 bridgehead atoms. The largest absolute Gasteiger partial charge is 0.381 e. The number of aliphatic imine (C=N–C) groups is 1. The summed E-state index contributed by atoms with van der Waals surface area (Å²) < 4.78 is 5.59. The topological polar surface area (TPSA) is 45.7 Å². The van der Waals surface area contributed by atoms with Gasteiger partial charge in [-0.2, -0.15) is 0 Å². The van der Waals surface area contributed by atoms with E-state index in [1.54, 1.807) is 0 Å². The van der Waals surface area contributed by atoms with Crippen LogP contribution in [-0.4, -0.2) is 38.8 Å². The molecular weight excluding hydrogens is 437 g/mol. The standard InChI is InChI=1S/C18H26ClN3O.HI/c1-13-11-16(13)22-17(20-2)21-12-18(7-9-23-10-8-18)14-5-3-4-6-15(14)19;/h3-6,13,16H,7-12H2,1-2H3,(H2,20,21,22);1H. The van der Waals surface area contributed by atoms with E-state index in [9.17, 15) is 0 Å². The van der Waals surface area contributed by atoms with Gasteiger partial charge in [0.15, 0.2) is 5.96 Å². The summed E-state index contributed by atoms with van der Waals surface area (Å²) in [4.78, 5) is 4.36. The zero-order valence-corrected chi connectivity index (χ0v) is 17.4. The van der Waals surface area contributed by atoms with E-state index in [4.69, 9.17) is 16.3 Å². The molecule has 2 N–H and O–H groups in total. The Bertz CT molecular complexity index is 575. The van der Waals surface area contributed by atoms with Crippen molar-refractivity contribution in [1.82, 2.24) is 10.6 Å². The van der Waals surface area contributed by atoms with E-state index in [0.717, 1.165) is 49.5 Å². The number of ether oxygens (including phenoxy) is 1. The van der Waals surface area contributed by atoms with Crippen LogP contribution in [0.2, 0.25) is 5.02 Å². The highest BCUT2D eigenvalue weighted by Gasteiger charge is 2.37. The molecule has 1 aromatic rings. The van der Waals surface area contributed by atoms with E-state index >= 15 is 0 Å². The molecule has 2 atom stereocenters. The fourth-order valence-electron chi connectivity index (χ4n) is 3.34. The van der Waals surface area contributed by atoms with Crippen molar-refractivity contribution in [3.05, 3.63) is 34.9 Å². The number of hydrogen-bond acceptors (Lipinski definition) is 2. The first-order valence-corrected chi connectivity index (χ1v) is 8.82. The summed E-state index contributed by atoms with van der Waals surface area (Å²) >= 11 is 6.50. The Morgan fingerprint density at radius 3 is 2.58 bits per heavy atom. The second-order valence-corrected chi connectivity index (χ2v) is 7.17. The molecule has 2 unspecified atom stereocenters. The minimum Gasteiger partial charge on any atom is -0.381 e. The van der Waals surface area contributed by atoms with Crippen LogP contribution in [0, 0.1) is 5.92 Å². The van der Waals surface area contributed by atoms with Gasteiger partial charge >= 0.3 is 0 Å². The van der Waals surface area contributed by atoms with Gasteiger partial charge < -0.3 is 15.4 Å². The maximum atomic E-state index is 6.50. The quantitative estimate of drug-likeness (QED) is 0.408. The Hall–Kier alpha value is -0.530. The summed E-state index contributed by atoms with van der Waals surface area (Å²) in [6, 6.07) is 8.74. The van der Waals surface area contributed by atoms with Crippen molar-refractivity contribution < 1.29 is 4.74 Å². The van der Waals surface area contributed by atoms with Gasteiger partial charge in [-0.1, -0.05) is 36.7 Å². The molecule has 0 amide bonds. The van der Waals surface area contributed by atoms with Crippen LogP contribution in [0.4, 0.5) is 0 Å². The SMILES string of the molecule is CN=C(NCC1(c2ccccc2Cl)CCOCC1)NC1CC1C.I. The van der Waals surface area contributed by atoms with Crippen molar-refractivity contribution in [2.45, 2.75) is 37.6 Å². The maximum absolute atomic E-state index is 6.50. The zero-order valence-electron chi connectivity index (χ0n) is 14.3. The van der Waals surface area contributed by atoms with E-state index in [1.807, 2.05) is 19.2 Å². The van der Waals surface area contributed by atoms with Crippen molar-refractivity contribution in [3.63, 3.8) is 0 Å². The average molecular weight is 464 g/mol. The number of guanidine groups is 1. The summed E-state index contributed by atoms with van der Waals surface area (Å²) in [5, 5.41) is 7.85. The van der Waals surface area contributed by atoms with Gasteiger partial charge in [0.25, 0.3) is 0 Å². The fourth-order valence-corrected chi connectivity index (χ4v) is 3.68. The number of benzene rings is 1. The molecule has 2 fully saturated rings. The fraction of sp³-hybridized carbons (Fsp3) is 0.611. The predicted octanol–water partition coefficient (Wildman–Crippen LogP) is 3.58. The van der Waals surface area contributed by atoms with Gasteiger partial charge in [-0.15, -0.1) is 24.0 Å². The number of nitrogens with one attached hydrogen (secondary N) is 2. The smallest absolute Gasteiger partial charge is 0.191 e. The number of rotatable bonds is 4. The van der Waals surface area contributed by atoms with Crippen LogP contribution in [0.25, 0.3) is 0 Å². The van der Waals surface area contributed by atoms with Gasteiger partial charge in [-0.3, -0.25) is 4.99 Å². The highest BCUT2D eigenvalue weighted by atomic mass is 127. The lowest BCUT2D eigenvalue weighted by Gasteiger charge is -2.38. The molecule has 1 saturated carbocycles. The molecule has 2 aliphatic rings. The Balaban J connectivity index is 0.00000208. The van der Waals surface area contributed by atoms with Crippen molar-refractivity contribution in [3.8, 4) is 0 Å². The van der Waals surface area contributed by atoms with Crippen LogP contribution in [-0.2, 0) is 10.2 Å². The van der Waals surface area contributed by atoms with E-state index in [0.29, 0.717) is 6.04 Å². The molecular formula is C18H27ClIN3O. The molecule has 1 heterocycles. The van der Waals surface area contributed by atoms with E-state index in [2.05, 4.69) is 34.7 Å². The molecule has 24 heavy (non-hydrogen) atoms. The lowest BCUT2D eigenvalue weighted by atomic mass is 9.74. The molecule has 0 spiro atoms. The third-order valence-electron chi connectivity index (χ3n) is 5.14. The molecule has 1 aromatic carbocycles. The minimum absolute atomic E-state index is 0. The van der Waals surface area contributed by atoms with Gasteiger partial charge in [0.1, 0.15) is 0 Å². The Labute approximate surface area is 166 Å². The normalized spacial score (nSPS) is 25.5. The second kappa shape index (κ2) is 8.72. The molecule has 134 valence electrons. The summed E-state index contributed by atoms with van der Waals surface area (Å²) in [7, 11) is 1.83. The highest BCUT2D eigenvalue weighted by molar-refractivity contribution is 14.0. The Morgan fingerprint density at radius 1 is 1.33 bits per heavy atom. The van der Waals surface area contributed by atoms with E-state index in [1.165, 1.54) is 12.0 Å². The molecule has 3 rings (SSSR count). The molecule has 6 heteroatoms. The number of hydrogen-bond donors (Lipinski definition) is 2. The van der Waals surface area contributed by atoms with Crippen LogP contribution in [0.3, 0.4) is 0 Å². The van der Waals surface area contributed by atoms with Gasteiger partial charge in [0.2, 0.25) is 0 Å². The monoisotopic (exact) mass is 463 g/mol. The number of halogens is 2. The highest BCUT2D eigenvalue weighted by Crippen LogP contribution is 2.38. The van der Waals surface area contributed by atoms with Gasteiger partial charge in [0.05, 0.1) is 0 Å². The first kappa shape index (κ1) is 19.8. The molecule has 0 radical (unpaired) electrons. The summed E-state index contributed by atoms with van der Waals surface area (Å²) in [6.07, 6.45) is 3.17. The minimum atomic E-state index is 0. The average Bonchev–Trinajstić information content (AvgIpc) is 3.27. The van der Waals surface area contributed by atoms with Crippen molar-refractivity contribution in [1.29, 1.82) is 0 Å². The maximum Gasteiger partial charge on any atom is 0.191 e.